The molecule has 11 heteroatoms. The predicted molar refractivity (Wildman–Crippen MR) is 151 cm³/mol. The number of carbonyl (C=O) groups is 1. The van der Waals surface area contributed by atoms with E-state index in [4.69, 9.17) is 27.1 Å². The van der Waals surface area contributed by atoms with E-state index in [1.54, 1.807) is 18.2 Å². The Morgan fingerprint density at radius 2 is 2.00 bits per heavy atom. The zero-order valence-corrected chi connectivity index (χ0v) is 23.4. The number of nitrogens with zero attached hydrogens (tertiary/aromatic N) is 3. The zero-order chi connectivity index (χ0) is 27.7. The second-order valence-electron chi connectivity index (χ2n) is 10.1. The van der Waals surface area contributed by atoms with E-state index in [2.05, 4.69) is 35.4 Å². The van der Waals surface area contributed by atoms with Gasteiger partial charge in [0.25, 0.3) is 15.9 Å². The van der Waals surface area contributed by atoms with Crippen LogP contribution in [0.15, 0.2) is 53.6 Å². The molecular weight excluding hydrogens is 526 g/mol. The smallest absolute Gasteiger partial charge is 0.281 e. The summed E-state index contributed by atoms with van der Waals surface area (Å²) in [4.78, 5) is 24.2. The Bertz CT molecular complexity index is 1470. The Morgan fingerprint density at radius 3 is 2.66 bits per heavy atom. The van der Waals surface area contributed by atoms with Crippen molar-refractivity contribution in [3.8, 4) is 17.0 Å². The number of hydrogen-bond acceptors (Lipinski definition) is 8. The Kier molecular flexibility index (Phi) is 7.85. The molecule has 4 rings (SSSR count). The molecule has 3 aromatic rings. The number of pyridine rings is 2. The van der Waals surface area contributed by atoms with Gasteiger partial charge in [0.05, 0.1) is 22.9 Å². The quantitative estimate of drug-likeness (QED) is 0.387. The molecule has 1 aromatic carbocycles. The van der Waals surface area contributed by atoms with Gasteiger partial charge in [-0.2, -0.15) is 8.42 Å². The van der Waals surface area contributed by atoms with Gasteiger partial charge in [-0.05, 0) is 69.0 Å². The third-order valence-corrected chi connectivity index (χ3v) is 7.93. The van der Waals surface area contributed by atoms with Crippen LogP contribution in [0.2, 0.25) is 5.02 Å². The molecule has 2 aromatic heterocycles. The first kappa shape index (κ1) is 27.7. The largest absolute Gasteiger partial charge is 0.492 e. The SMILES string of the molecule is CCCOc1cc(-c2ccc(C(=O)NS(=O)(=O)c3cccc(N)n3)c(N3CC(C)CC3(C)C)n2)ccc1Cl.[HH]. The summed E-state index contributed by atoms with van der Waals surface area (Å²) in [5.41, 5.74) is 6.84. The van der Waals surface area contributed by atoms with Gasteiger partial charge in [0.2, 0.25) is 0 Å². The van der Waals surface area contributed by atoms with Crippen molar-refractivity contribution in [1.82, 2.24) is 14.7 Å². The number of benzene rings is 1. The zero-order valence-electron chi connectivity index (χ0n) is 21.9. The van der Waals surface area contributed by atoms with Gasteiger partial charge in [0.1, 0.15) is 17.4 Å². The minimum absolute atomic E-state index is 0. The fourth-order valence-electron chi connectivity index (χ4n) is 4.75. The van der Waals surface area contributed by atoms with Gasteiger partial charge in [-0.1, -0.05) is 37.6 Å². The van der Waals surface area contributed by atoms with Gasteiger partial charge in [-0.25, -0.2) is 14.7 Å². The minimum Gasteiger partial charge on any atom is -0.492 e. The number of hydrogen-bond donors (Lipinski definition) is 2. The number of aromatic nitrogens is 2. The van der Waals surface area contributed by atoms with Crippen molar-refractivity contribution in [2.75, 3.05) is 23.8 Å². The molecule has 0 radical (unpaired) electrons. The number of carbonyl (C=O) groups excluding carboxylic acids is 1. The Hall–Kier alpha value is -3.37. The van der Waals surface area contributed by atoms with Crippen LogP contribution in [0.1, 0.15) is 52.3 Å². The molecule has 0 spiro atoms. The number of nitrogen functional groups attached to an aromatic ring is 1. The summed E-state index contributed by atoms with van der Waals surface area (Å²) in [5, 5.41) is 0.154. The maximum atomic E-state index is 13.4. The van der Waals surface area contributed by atoms with Crippen molar-refractivity contribution in [2.24, 2.45) is 5.92 Å². The average Bonchev–Trinajstić information content (AvgIpc) is 3.14. The first-order chi connectivity index (χ1) is 17.9. The van der Waals surface area contributed by atoms with Crippen molar-refractivity contribution >= 4 is 39.2 Å². The lowest BCUT2D eigenvalue weighted by Crippen LogP contribution is -2.41. The molecular formula is C27H34ClN5O4S. The van der Waals surface area contributed by atoms with E-state index in [0.29, 0.717) is 41.4 Å². The van der Waals surface area contributed by atoms with E-state index in [-0.39, 0.29) is 23.4 Å². The van der Waals surface area contributed by atoms with Crippen LogP contribution in [0.4, 0.5) is 11.6 Å². The summed E-state index contributed by atoms with van der Waals surface area (Å²) in [6, 6.07) is 12.9. The van der Waals surface area contributed by atoms with Crippen LogP contribution < -0.4 is 20.1 Å². The van der Waals surface area contributed by atoms with Crippen LogP contribution in [0, 0.1) is 5.92 Å². The molecule has 0 saturated carbocycles. The second kappa shape index (κ2) is 10.8. The standard InChI is InChI=1S/C27H32ClN5O4S.H2/c1-5-13-37-22-14-18(9-11-20(22)28)21-12-10-19(25(30-21)33-16-17(2)15-27(33,3)4)26(34)32-38(35,36)24-8-6-7-23(29)31-24;/h6-12,14,17H,5,13,15-16H2,1-4H3,(H2,29,31)(H,32,34);1H. The summed E-state index contributed by atoms with van der Waals surface area (Å²) in [7, 11) is -4.26. The normalized spacial score (nSPS) is 16.9. The molecule has 0 aliphatic carbocycles. The molecule has 1 amide bonds. The predicted octanol–water partition coefficient (Wildman–Crippen LogP) is 5.16. The number of anilines is 2. The maximum absolute atomic E-state index is 13.4. The minimum atomic E-state index is -4.26. The first-order valence-electron chi connectivity index (χ1n) is 12.4. The summed E-state index contributed by atoms with van der Waals surface area (Å²) >= 11 is 6.32. The monoisotopic (exact) mass is 559 g/mol. The van der Waals surface area contributed by atoms with Gasteiger partial charge in [-0.3, -0.25) is 4.79 Å². The van der Waals surface area contributed by atoms with Gasteiger partial charge >= 0.3 is 0 Å². The lowest BCUT2D eigenvalue weighted by molar-refractivity contribution is 0.0981. The Labute approximate surface area is 229 Å². The molecule has 1 unspecified atom stereocenters. The average molecular weight is 560 g/mol. The molecule has 204 valence electrons. The summed E-state index contributed by atoms with van der Waals surface area (Å²) < 4.78 is 33.7. The van der Waals surface area contributed by atoms with Crippen molar-refractivity contribution in [3.63, 3.8) is 0 Å². The first-order valence-corrected chi connectivity index (χ1v) is 14.3. The lowest BCUT2D eigenvalue weighted by Gasteiger charge is -2.34. The number of nitrogens with one attached hydrogen (secondary N) is 1. The molecule has 3 heterocycles. The topological polar surface area (TPSA) is 128 Å². The fraction of sp³-hybridized carbons (Fsp3) is 0.370. The molecule has 0 bridgehead atoms. The van der Waals surface area contributed by atoms with E-state index < -0.39 is 15.9 Å². The van der Waals surface area contributed by atoms with Crippen LogP contribution in [-0.2, 0) is 10.0 Å². The summed E-state index contributed by atoms with van der Waals surface area (Å²) in [6.45, 7) is 9.50. The van der Waals surface area contributed by atoms with Crippen LogP contribution >= 0.6 is 11.6 Å². The van der Waals surface area contributed by atoms with E-state index in [9.17, 15) is 13.2 Å². The molecule has 1 aliphatic rings. The van der Waals surface area contributed by atoms with Gasteiger partial charge < -0.3 is 15.4 Å². The third-order valence-electron chi connectivity index (χ3n) is 6.38. The highest BCUT2D eigenvalue weighted by atomic mass is 35.5. The van der Waals surface area contributed by atoms with Crippen molar-refractivity contribution in [3.05, 3.63) is 59.1 Å². The summed E-state index contributed by atoms with van der Waals surface area (Å²) in [5.74, 6) is 0.533. The molecule has 1 saturated heterocycles. The molecule has 9 nitrogen and oxygen atoms in total. The fourth-order valence-corrected chi connectivity index (χ4v) is 5.86. The van der Waals surface area contributed by atoms with Crippen LogP contribution in [-0.4, -0.2) is 43.0 Å². The van der Waals surface area contributed by atoms with Gasteiger partial charge in [-0.15, -0.1) is 0 Å². The number of sulfonamides is 1. The second-order valence-corrected chi connectivity index (χ2v) is 12.2. The maximum Gasteiger partial charge on any atom is 0.281 e. The van der Waals surface area contributed by atoms with Crippen LogP contribution in [0.3, 0.4) is 0 Å². The molecule has 1 atom stereocenters. The van der Waals surface area contributed by atoms with Crippen molar-refractivity contribution < 1.29 is 19.4 Å². The number of amides is 1. The molecule has 1 fully saturated rings. The molecule has 3 N–H and O–H groups in total. The van der Waals surface area contributed by atoms with Crippen LogP contribution in [0.25, 0.3) is 11.3 Å². The van der Waals surface area contributed by atoms with E-state index in [1.165, 1.54) is 18.2 Å². The Morgan fingerprint density at radius 1 is 1.24 bits per heavy atom. The van der Waals surface area contributed by atoms with Gasteiger partial charge in [0, 0.05) is 19.1 Å². The van der Waals surface area contributed by atoms with Crippen molar-refractivity contribution in [1.29, 1.82) is 0 Å². The van der Waals surface area contributed by atoms with Crippen LogP contribution in [0.5, 0.6) is 5.75 Å². The highest BCUT2D eigenvalue weighted by molar-refractivity contribution is 7.90. The summed E-state index contributed by atoms with van der Waals surface area (Å²) in [6.07, 6.45) is 1.73. The van der Waals surface area contributed by atoms with Gasteiger partial charge in [0.15, 0.2) is 5.03 Å². The number of nitrogens with two attached hydrogens (primary N) is 1. The van der Waals surface area contributed by atoms with E-state index in [0.717, 1.165) is 18.4 Å². The van der Waals surface area contributed by atoms with Crippen molar-refractivity contribution in [2.45, 2.75) is 51.1 Å². The molecule has 38 heavy (non-hydrogen) atoms. The highest BCUT2D eigenvalue weighted by Gasteiger charge is 2.39. The van der Waals surface area contributed by atoms with E-state index >= 15 is 0 Å². The third kappa shape index (κ3) is 5.86. The van der Waals surface area contributed by atoms with E-state index in [1.807, 2.05) is 19.1 Å². The lowest BCUT2D eigenvalue weighted by atomic mass is 9.97. The number of halogens is 1. The highest BCUT2D eigenvalue weighted by Crippen LogP contribution is 2.39. The Balaban J connectivity index is 0.00000420. The number of ether oxygens (including phenoxy) is 1. The number of rotatable bonds is 8. The molecule has 1 aliphatic heterocycles.